The fourth-order valence-electron chi connectivity index (χ4n) is 2.30. The van der Waals surface area contributed by atoms with Crippen molar-refractivity contribution in [2.75, 3.05) is 13.7 Å². The lowest BCUT2D eigenvalue weighted by molar-refractivity contribution is 0.0946. The highest BCUT2D eigenvalue weighted by atomic mass is 16.5. The number of carbonyl (C=O) groups is 1. The molecule has 0 aliphatic rings. The van der Waals surface area contributed by atoms with Crippen molar-refractivity contribution in [2.45, 2.75) is 6.54 Å². The van der Waals surface area contributed by atoms with Crippen molar-refractivity contribution in [3.63, 3.8) is 0 Å². The molecule has 0 bridgehead atoms. The SMILES string of the molecule is C=CCOc1ccc(C(=O)NCc2nc(-c3ccc(OC)cc3)no2)cc1. The zero-order valence-electron chi connectivity index (χ0n) is 14.8. The van der Waals surface area contributed by atoms with E-state index in [0.717, 1.165) is 11.3 Å². The first-order valence-corrected chi connectivity index (χ1v) is 8.28. The lowest BCUT2D eigenvalue weighted by Crippen LogP contribution is -2.22. The van der Waals surface area contributed by atoms with Gasteiger partial charge in [-0.1, -0.05) is 17.8 Å². The lowest BCUT2D eigenvalue weighted by atomic mass is 10.2. The van der Waals surface area contributed by atoms with E-state index in [0.29, 0.717) is 29.6 Å². The minimum atomic E-state index is -0.241. The number of methoxy groups -OCH3 is 1. The molecule has 0 fully saturated rings. The van der Waals surface area contributed by atoms with Crippen molar-refractivity contribution in [1.29, 1.82) is 0 Å². The van der Waals surface area contributed by atoms with Gasteiger partial charge < -0.3 is 19.3 Å². The van der Waals surface area contributed by atoms with Gasteiger partial charge in [-0.05, 0) is 48.5 Å². The molecule has 0 unspecified atom stereocenters. The molecule has 0 saturated heterocycles. The predicted molar refractivity (Wildman–Crippen MR) is 99.6 cm³/mol. The van der Waals surface area contributed by atoms with Crippen molar-refractivity contribution in [2.24, 2.45) is 0 Å². The average molecular weight is 365 g/mol. The third kappa shape index (κ3) is 4.72. The summed E-state index contributed by atoms with van der Waals surface area (Å²) < 4.78 is 15.7. The summed E-state index contributed by atoms with van der Waals surface area (Å²) >= 11 is 0. The molecule has 1 N–H and O–H groups in total. The Morgan fingerprint density at radius 1 is 1.15 bits per heavy atom. The molecule has 3 aromatic rings. The highest BCUT2D eigenvalue weighted by molar-refractivity contribution is 5.94. The van der Waals surface area contributed by atoms with Gasteiger partial charge in [0.15, 0.2) is 0 Å². The number of ether oxygens (including phenoxy) is 2. The molecule has 2 aromatic carbocycles. The second-order valence-electron chi connectivity index (χ2n) is 5.55. The van der Waals surface area contributed by atoms with Gasteiger partial charge in [-0.15, -0.1) is 0 Å². The third-order valence-corrected chi connectivity index (χ3v) is 3.70. The zero-order valence-corrected chi connectivity index (χ0v) is 14.8. The van der Waals surface area contributed by atoms with E-state index in [1.165, 1.54) is 0 Å². The maximum absolute atomic E-state index is 12.2. The number of hydrogen-bond acceptors (Lipinski definition) is 6. The van der Waals surface area contributed by atoms with Crippen molar-refractivity contribution in [3.8, 4) is 22.9 Å². The summed E-state index contributed by atoms with van der Waals surface area (Å²) in [6, 6.07) is 14.1. The largest absolute Gasteiger partial charge is 0.497 e. The van der Waals surface area contributed by atoms with Crippen LogP contribution in [0.2, 0.25) is 0 Å². The topological polar surface area (TPSA) is 86.5 Å². The standard InChI is InChI=1S/C20H19N3O4/c1-3-12-26-17-10-6-15(7-11-17)20(24)21-13-18-22-19(23-27-18)14-4-8-16(25-2)9-5-14/h3-11H,1,12-13H2,2H3,(H,21,24). The van der Waals surface area contributed by atoms with Gasteiger partial charge in [-0.25, -0.2) is 0 Å². The number of carbonyl (C=O) groups excluding carboxylic acids is 1. The van der Waals surface area contributed by atoms with Crippen LogP contribution in [0.1, 0.15) is 16.2 Å². The maximum atomic E-state index is 12.2. The van der Waals surface area contributed by atoms with E-state index >= 15 is 0 Å². The van der Waals surface area contributed by atoms with Crippen LogP contribution in [0.4, 0.5) is 0 Å². The molecular weight excluding hydrogens is 346 g/mol. The normalized spacial score (nSPS) is 10.3. The Hall–Kier alpha value is -3.61. The van der Waals surface area contributed by atoms with Crippen molar-refractivity contribution < 1.29 is 18.8 Å². The smallest absolute Gasteiger partial charge is 0.251 e. The first-order valence-electron chi connectivity index (χ1n) is 8.28. The molecule has 0 spiro atoms. The van der Waals surface area contributed by atoms with Gasteiger partial charge in [0.05, 0.1) is 13.7 Å². The van der Waals surface area contributed by atoms with Crippen LogP contribution in [-0.4, -0.2) is 29.8 Å². The molecule has 0 atom stereocenters. The number of nitrogens with zero attached hydrogens (tertiary/aromatic N) is 2. The van der Waals surface area contributed by atoms with Crippen LogP contribution in [0.25, 0.3) is 11.4 Å². The van der Waals surface area contributed by atoms with Crippen LogP contribution >= 0.6 is 0 Å². The fraction of sp³-hybridized carbons (Fsp3) is 0.150. The number of nitrogens with one attached hydrogen (secondary N) is 1. The molecule has 138 valence electrons. The van der Waals surface area contributed by atoms with Crippen molar-refractivity contribution in [1.82, 2.24) is 15.5 Å². The molecule has 0 aliphatic carbocycles. The number of rotatable bonds is 8. The van der Waals surface area contributed by atoms with Gasteiger partial charge >= 0.3 is 0 Å². The molecule has 1 heterocycles. The van der Waals surface area contributed by atoms with Crippen molar-refractivity contribution >= 4 is 5.91 Å². The van der Waals surface area contributed by atoms with E-state index in [9.17, 15) is 4.79 Å². The summed E-state index contributed by atoms with van der Waals surface area (Å²) in [5.41, 5.74) is 1.31. The number of aromatic nitrogens is 2. The minimum Gasteiger partial charge on any atom is -0.497 e. The van der Waals surface area contributed by atoms with Crippen LogP contribution < -0.4 is 14.8 Å². The molecule has 0 radical (unpaired) electrons. The third-order valence-electron chi connectivity index (χ3n) is 3.70. The quantitative estimate of drug-likeness (QED) is 0.617. The Bertz CT molecular complexity index is 902. The van der Waals surface area contributed by atoms with Gasteiger partial charge in [0, 0.05) is 11.1 Å². The summed E-state index contributed by atoms with van der Waals surface area (Å²) in [7, 11) is 1.60. The number of hydrogen-bond donors (Lipinski definition) is 1. The Labute approximate surface area is 156 Å². The summed E-state index contributed by atoms with van der Waals surface area (Å²) in [6.07, 6.45) is 1.66. The monoisotopic (exact) mass is 365 g/mol. The van der Waals surface area contributed by atoms with Gasteiger partial charge in [0.2, 0.25) is 11.7 Å². The molecule has 1 aromatic heterocycles. The summed E-state index contributed by atoms with van der Waals surface area (Å²) in [5, 5.41) is 6.68. The van der Waals surface area contributed by atoms with E-state index in [4.69, 9.17) is 14.0 Å². The van der Waals surface area contributed by atoms with Gasteiger partial charge in [-0.3, -0.25) is 4.79 Å². The van der Waals surface area contributed by atoms with Crippen LogP contribution in [0.15, 0.2) is 65.7 Å². The lowest BCUT2D eigenvalue weighted by Gasteiger charge is -2.05. The van der Waals surface area contributed by atoms with Crippen LogP contribution in [0, 0.1) is 0 Å². The molecule has 1 amide bonds. The van der Waals surface area contributed by atoms with E-state index < -0.39 is 0 Å². The summed E-state index contributed by atoms with van der Waals surface area (Å²) in [4.78, 5) is 16.5. The molecule has 0 aliphatic heterocycles. The molecule has 27 heavy (non-hydrogen) atoms. The van der Waals surface area contributed by atoms with Crippen LogP contribution in [0.5, 0.6) is 11.5 Å². The Kier molecular flexibility index (Phi) is 5.84. The highest BCUT2D eigenvalue weighted by Crippen LogP contribution is 2.19. The van der Waals surface area contributed by atoms with Crippen LogP contribution in [0.3, 0.4) is 0 Å². The molecular formula is C20H19N3O4. The zero-order chi connectivity index (χ0) is 19.1. The Morgan fingerprint density at radius 2 is 1.85 bits per heavy atom. The average Bonchev–Trinajstić information content (AvgIpc) is 3.20. The van der Waals surface area contributed by atoms with Crippen molar-refractivity contribution in [3.05, 3.63) is 72.6 Å². The second kappa shape index (κ2) is 8.66. The number of amides is 1. The van der Waals surface area contributed by atoms with E-state index in [2.05, 4.69) is 22.0 Å². The van der Waals surface area contributed by atoms with E-state index in [1.54, 1.807) is 37.5 Å². The summed E-state index contributed by atoms with van der Waals surface area (Å²) in [5.74, 6) is 1.95. The van der Waals surface area contributed by atoms with Gasteiger partial charge in [0.25, 0.3) is 5.91 Å². The van der Waals surface area contributed by atoms with Gasteiger partial charge in [-0.2, -0.15) is 4.98 Å². The fourth-order valence-corrected chi connectivity index (χ4v) is 2.30. The van der Waals surface area contributed by atoms with E-state index in [1.807, 2.05) is 24.3 Å². The first-order chi connectivity index (χ1) is 13.2. The highest BCUT2D eigenvalue weighted by Gasteiger charge is 2.11. The molecule has 7 heteroatoms. The second-order valence-corrected chi connectivity index (χ2v) is 5.55. The predicted octanol–water partition coefficient (Wildman–Crippen LogP) is 3.24. The Morgan fingerprint density at radius 3 is 2.52 bits per heavy atom. The summed E-state index contributed by atoms with van der Waals surface area (Å²) in [6.45, 7) is 4.14. The molecule has 7 nitrogen and oxygen atoms in total. The number of benzene rings is 2. The Balaban J connectivity index is 1.57. The maximum Gasteiger partial charge on any atom is 0.251 e. The molecule has 3 rings (SSSR count). The molecule has 0 saturated carbocycles. The van der Waals surface area contributed by atoms with Gasteiger partial charge in [0.1, 0.15) is 18.1 Å². The van der Waals surface area contributed by atoms with E-state index in [-0.39, 0.29) is 12.5 Å². The minimum absolute atomic E-state index is 0.136. The first kappa shape index (κ1) is 18.2. The van der Waals surface area contributed by atoms with Crippen LogP contribution in [-0.2, 0) is 6.54 Å².